The molecule has 5 heteroatoms. The highest BCUT2D eigenvalue weighted by Crippen LogP contribution is 2.20. The maximum absolute atomic E-state index is 12.8. The molecule has 0 saturated heterocycles. The quantitative estimate of drug-likeness (QED) is 0.887. The molecule has 0 fully saturated rings. The number of nitrogens with one attached hydrogen (secondary N) is 1. The van der Waals surface area contributed by atoms with Crippen LogP contribution in [0.25, 0.3) is 0 Å². The Balaban J connectivity index is 2.16. The van der Waals surface area contributed by atoms with E-state index in [1.54, 1.807) is 0 Å². The molecule has 1 amide bonds. The van der Waals surface area contributed by atoms with Gasteiger partial charge in [0.25, 0.3) is 0 Å². The number of nitrogens with zero attached hydrogens (tertiary/aromatic N) is 3. The minimum absolute atomic E-state index is 0.00801. The Hall–Kier alpha value is -2.14. The van der Waals surface area contributed by atoms with Crippen molar-refractivity contribution in [3.8, 4) is 0 Å². The highest BCUT2D eigenvalue weighted by atomic mass is 16.2. The van der Waals surface area contributed by atoms with Crippen molar-refractivity contribution in [1.82, 2.24) is 20.0 Å². The van der Waals surface area contributed by atoms with Crippen LogP contribution in [-0.2, 0) is 17.9 Å². The summed E-state index contributed by atoms with van der Waals surface area (Å²) in [5.74, 6) is 0.00801. The zero-order valence-electron chi connectivity index (χ0n) is 15.6. The van der Waals surface area contributed by atoms with Crippen LogP contribution in [0.2, 0.25) is 0 Å². The first-order valence-corrected chi connectivity index (χ1v) is 8.38. The third-order valence-corrected chi connectivity index (χ3v) is 4.39. The molecule has 0 radical (unpaired) electrons. The smallest absolute Gasteiger partial charge is 0.242 e. The second-order valence-corrected chi connectivity index (χ2v) is 6.46. The molecule has 1 atom stereocenters. The molecule has 0 spiro atoms. The number of rotatable bonds is 6. The molecule has 1 heterocycles. The highest BCUT2D eigenvalue weighted by Gasteiger charge is 2.23. The van der Waals surface area contributed by atoms with Crippen molar-refractivity contribution in [2.75, 3.05) is 14.1 Å². The fourth-order valence-electron chi connectivity index (χ4n) is 3.09. The predicted octanol–water partition coefficient (Wildman–Crippen LogP) is 2.75. The van der Waals surface area contributed by atoms with Crippen LogP contribution in [0.3, 0.4) is 0 Å². The van der Waals surface area contributed by atoms with Gasteiger partial charge < -0.3 is 5.32 Å². The number of hydrogen-bond acceptors (Lipinski definition) is 3. The maximum Gasteiger partial charge on any atom is 0.242 e. The molecule has 1 aromatic heterocycles. The molecule has 0 bridgehead atoms. The molecule has 0 aliphatic rings. The van der Waals surface area contributed by atoms with Gasteiger partial charge in [0, 0.05) is 24.3 Å². The van der Waals surface area contributed by atoms with E-state index in [1.807, 2.05) is 55.7 Å². The van der Waals surface area contributed by atoms with Gasteiger partial charge in [-0.3, -0.25) is 14.4 Å². The molecular formula is C19H28N4O. The summed E-state index contributed by atoms with van der Waals surface area (Å²) in [7, 11) is 3.86. The van der Waals surface area contributed by atoms with E-state index in [4.69, 9.17) is 0 Å². The van der Waals surface area contributed by atoms with Crippen LogP contribution in [0.5, 0.6) is 0 Å². The lowest BCUT2D eigenvalue weighted by Gasteiger charge is -2.24. The molecule has 2 aromatic rings. The summed E-state index contributed by atoms with van der Waals surface area (Å²) < 4.78 is 1.97. The van der Waals surface area contributed by atoms with E-state index >= 15 is 0 Å². The Kier molecular flexibility index (Phi) is 5.78. The monoisotopic (exact) mass is 328 g/mol. The number of likely N-dealkylation sites (N-methyl/N-ethyl adjacent to an activating group) is 1. The Morgan fingerprint density at radius 3 is 2.54 bits per heavy atom. The summed E-state index contributed by atoms with van der Waals surface area (Å²) in [6.07, 6.45) is 0. The van der Waals surface area contributed by atoms with E-state index < -0.39 is 0 Å². The van der Waals surface area contributed by atoms with Gasteiger partial charge in [0.1, 0.15) is 6.04 Å². The lowest BCUT2D eigenvalue weighted by Crippen LogP contribution is -2.36. The van der Waals surface area contributed by atoms with E-state index in [9.17, 15) is 4.79 Å². The topological polar surface area (TPSA) is 50.2 Å². The number of hydrogen-bond donors (Lipinski definition) is 1. The number of carbonyl (C=O) groups excluding carboxylic acids is 1. The van der Waals surface area contributed by atoms with Crippen LogP contribution in [0, 0.1) is 20.8 Å². The van der Waals surface area contributed by atoms with E-state index in [1.165, 1.54) is 0 Å². The first-order chi connectivity index (χ1) is 11.3. The minimum atomic E-state index is -0.299. The Morgan fingerprint density at radius 1 is 1.29 bits per heavy atom. The molecular weight excluding hydrogens is 300 g/mol. The van der Waals surface area contributed by atoms with Crippen molar-refractivity contribution in [3.05, 3.63) is 52.3 Å². The molecule has 2 rings (SSSR count). The van der Waals surface area contributed by atoms with Gasteiger partial charge in [-0.25, -0.2) is 0 Å². The summed E-state index contributed by atoms with van der Waals surface area (Å²) >= 11 is 0. The summed E-state index contributed by atoms with van der Waals surface area (Å²) in [5.41, 5.74) is 5.36. The first-order valence-electron chi connectivity index (χ1n) is 8.38. The minimum Gasteiger partial charge on any atom is -0.350 e. The van der Waals surface area contributed by atoms with Gasteiger partial charge in [0.2, 0.25) is 5.91 Å². The lowest BCUT2D eigenvalue weighted by molar-refractivity contribution is -0.125. The average Bonchev–Trinajstić information content (AvgIpc) is 2.79. The molecule has 0 aliphatic carbocycles. The summed E-state index contributed by atoms with van der Waals surface area (Å²) in [6.45, 7) is 9.50. The van der Waals surface area contributed by atoms with Crippen molar-refractivity contribution in [1.29, 1.82) is 0 Å². The largest absolute Gasteiger partial charge is 0.350 e. The number of amides is 1. The molecule has 5 nitrogen and oxygen atoms in total. The number of aryl methyl sites for hydroxylation is 3. The van der Waals surface area contributed by atoms with Gasteiger partial charge in [-0.05, 0) is 47.4 Å². The van der Waals surface area contributed by atoms with E-state index in [0.717, 1.165) is 34.6 Å². The third kappa shape index (κ3) is 3.85. The lowest BCUT2D eigenvalue weighted by atomic mass is 10.0. The van der Waals surface area contributed by atoms with Gasteiger partial charge in [0.15, 0.2) is 0 Å². The van der Waals surface area contributed by atoms with Gasteiger partial charge in [-0.2, -0.15) is 5.10 Å². The zero-order valence-corrected chi connectivity index (χ0v) is 15.6. The van der Waals surface area contributed by atoms with Gasteiger partial charge >= 0.3 is 0 Å². The first kappa shape index (κ1) is 18.2. The third-order valence-electron chi connectivity index (χ3n) is 4.39. The van der Waals surface area contributed by atoms with Crippen molar-refractivity contribution >= 4 is 5.91 Å². The molecule has 130 valence electrons. The Bertz CT molecular complexity index is 718. The number of benzene rings is 1. The average molecular weight is 328 g/mol. The van der Waals surface area contributed by atoms with Gasteiger partial charge in [0.05, 0.1) is 5.69 Å². The fraction of sp³-hybridized carbons (Fsp3) is 0.474. The Morgan fingerprint density at radius 2 is 2.00 bits per heavy atom. The highest BCUT2D eigenvalue weighted by molar-refractivity contribution is 5.83. The van der Waals surface area contributed by atoms with Crippen molar-refractivity contribution in [2.45, 2.75) is 46.8 Å². The van der Waals surface area contributed by atoms with Crippen molar-refractivity contribution in [3.63, 3.8) is 0 Å². The van der Waals surface area contributed by atoms with Crippen LogP contribution < -0.4 is 5.32 Å². The SMILES string of the molecule is CCn1nc(C)c(CNC(=O)[C@@H](c2cccc(C)c2)N(C)C)c1C. The van der Waals surface area contributed by atoms with Gasteiger partial charge in [-0.1, -0.05) is 29.8 Å². The molecule has 1 N–H and O–H groups in total. The predicted molar refractivity (Wildman–Crippen MR) is 96.8 cm³/mol. The van der Waals surface area contributed by atoms with Crippen LogP contribution in [0.1, 0.15) is 41.0 Å². The molecule has 0 aliphatic heterocycles. The van der Waals surface area contributed by atoms with Crippen LogP contribution in [-0.4, -0.2) is 34.7 Å². The van der Waals surface area contributed by atoms with Crippen molar-refractivity contribution < 1.29 is 4.79 Å². The van der Waals surface area contributed by atoms with Crippen LogP contribution in [0.4, 0.5) is 0 Å². The molecule has 0 saturated carbocycles. The second kappa shape index (κ2) is 7.62. The number of aromatic nitrogens is 2. The zero-order chi connectivity index (χ0) is 17.9. The second-order valence-electron chi connectivity index (χ2n) is 6.46. The summed E-state index contributed by atoms with van der Waals surface area (Å²) in [5, 5.41) is 7.59. The summed E-state index contributed by atoms with van der Waals surface area (Å²) in [4.78, 5) is 14.7. The maximum atomic E-state index is 12.8. The van der Waals surface area contributed by atoms with Gasteiger partial charge in [-0.15, -0.1) is 0 Å². The van der Waals surface area contributed by atoms with E-state index in [-0.39, 0.29) is 11.9 Å². The molecule has 24 heavy (non-hydrogen) atoms. The molecule has 0 unspecified atom stereocenters. The fourth-order valence-corrected chi connectivity index (χ4v) is 3.09. The summed E-state index contributed by atoms with van der Waals surface area (Å²) in [6, 6.07) is 7.80. The molecule has 1 aromatic carbocycles. The normalized spacial score (nSPS) is 12.5. The van der Waals surface area contributed by atoms with Crippen molar-refractivity contribution in [2.24, 2.45) is 0 Å². The van der Waals surface area contributed by atoms with Crippen LogP contribution >= 0.6 is 0 Å². The number of carbonyl (C=O) groups is 1. The Labute approximate surface area is 144 Å². The van der Waals surface area contributed by atoms with Crippen LogP contribution in [0.15, 0.2) is 24.3 Å². The van der Waals surface area contributed by atoms with E-state index in [2.05, 4.69) is 30.3 Å². The van der Waals surface area contributed by atoms with E-state index in [0.29, 0.717) is 6.54 Å². The standard InChI is InChI=1S/C19H28N4O/c1-7-23-15(4)17(14(3)21-23)12-20-19(24)18(22(5)6)16-10-8-9-13(2)11-16/h8-11,18H,7,12H2,1-6H3,(H,20,24)/t18-/m1/s1.